The first-order chi connectivity index (χ1) is 15.2. The van der Waals surface area contributed by atoms with Crippen molar-refractivity contribution in [2.45, 2.75) is 39.0 Å². The number of alkyl halides is 3. The van der Waals surface area contributed by atoms with Crippen LogP contribution in [-0.4, -0.2) is 29.3 Å². The molecule has 0 unspecified atom stereocenters. The molecule has 1 aromatic carbocycles. The van der Waals surface area contributed by atoms with Crippen LogP contribution in [0, 0.1) is 5.82 Å². The minimum atomic E-state index is -4.76. The predicted molar refractivity (Wildman–Crippen MR) is 110 cm³/mol. The smallest absolute Gasteiger partial charge is 0.318 e. The number of hydrogen-bond acceptors (Lipinski definition) is 4. The van der Waals surface area contributed by atoms with E-state index in [0.717, 1.165) is 18.9 Å². The first kappa shape index (κ1) is 22.0. The van der Waals surface area contributed by atoms with Crippen molar-refractivity contribution in [2.24, 2.45) is 0 Å². The number of H-pyrrole nitrogens is 1. The molecule has 0 aliphatic heterocycles. The largest absolute Gasteiger partial charge is 0.419 e. The predicted octanol–water partition coefficient (Wildman–Crippen LogP) is 4.64. The fourth-order valence-corrected chi connectivity index (χ4v) is 3.58. The van der Waals surface area contributed by atoms with Gasteiger partial charge >= 0.3 is 6.18 Å². The summed E-state index contributed by atoms with van der Waals surface area (Å²) in [5.41, 5.74) is -0.361. The summed E-state index contributed by atoms with van der Waals surface area (Å²) >= 11 is 5.85. The summed E-state index contributed by atoms with van der Waals surface area (Å²) < 4.78 is 55.3. The molecule has 3 heterocycles. The van der Waals surface area contributed by atoms with Gasteiger partial charge in [-0.25, -0.2) is 9.37 Å². The van der Waals surface area contributed by atoms with Gasteiger partial charge in [0, 0.05) is 12.7 Å². The molecule has 0 radical (unpaired) electrons. The zero-order valence-corrected chi connectivity index (χ0v) is 17.5. The minimum Gasteiger partial charge on any atom is -0.318 e. The normalized spacial score (nSPS) is 12.1. The molecule has 7 nitrogen and oxygen atoms in total. The van der Waals surface area contributed by atoms with Gasteiger partial charge in [0.1, 0.15) is 11.6 Å². The van der Waals surface area contributed by atoms with E-state index in [1.165, 1.54) is 16.9 Å². The average molecular weight is 469 g/mol. The molecule has 168 valence electrons. The molecule has 12 heteroatoms. The fraction of sp³-hybridized carbons (Fsp3) is 0.300. The SMILES string of the molecule is CCCCn1c(-c2cnn(Cc3ccc(C(F)(F)F)c(F)c3)c2)nc2nc(Cl)[nH]c(=O)c21. The Morgan fingerprint density at radius 3 is 2.69 bits per heavy atom. The highest BCUT2D eigenvalue weighted by molar-refractivity contribution is 6.28. The molecule has 1 N–H and O–H groups in total. The molecule has 0 amide bonds. The highest BCUT2D eigenvalue weighted by Gasteiger charge is 2.33. The van der Waals surface area contributed by atoms with E-state index < -0.39 is 23.1 Å². The third-order valence-electron chi connectivity index (χ3n) is 4.90. The van der Waals surface area contributed by atoms with E-state index in [1.54, 1.807) is 10.8 Å². The third-order valence-corrected chi connectivity index (χ3v) is 5.07. The number of aromatic amines is 1. The van der Waals surface area contributed by atoms with Crippen LogP contribution in [0.2, 0.25) is 5.28 Å². The molecule has 4 rings (SSSR count). The second-order valence-electron chi connectivity index (χ2n) is 7.21. The van der Waals surface area contributed by atoms with Crippen molar-refractivity contribution in [2.75, 3.05) is 0 Å². The molecule has 0 aliphatic carbocycles. The maximum Gasteiger partial charge on any atom is 0.419 e. The van der Waals surface area contributed by atoms with E-state index in [-0.39, 0.29) is 23.0 Å². The number of nitrogens with zero attached hydrogens (tertiary/aromatic N) is 5. The van der Waals surface area contributed by atoms with Gasteiger partial charge in [0.25, 0.3) is 5.56 Å². The van der Waals surface area contributed by atoms with E-state index in [9.17, 15) is 22.4 Å². The van der Waals surface area contributed by atoms with Crippen LogP contribution in [0.3, 0.4) is 0 Å². The molecule has 0 fully saturated rings. The molecule has 4 aromatic rings. The van der Waals surface area contributed by atoms with E-state index in [1.807, 2.05) is 6.92 Å². The molecule has 0 spiro atoms. The summed E-state index contributed by atoms with van der Waals surface area (Å²) in [5.74, 6) is -0.885. The summed E-state index contributed by atoms with van der Waals surface area (Å²) in [6.45, 7) is 2.58. The summed E-state index contributed by atoms with van der Waals surface area (Å²) in [6.07, 6.45) is 0.0546. The van der Waals surface area contributed by atoms with Gasteiger partial charge in [-0.15, -0.1) is 0 Å². The molecule has 0 atom stereocenters. The Hall–Kier alpha value is -3.21. The van der Waals surface area contributed by atoms with Gasteiger partial charge in [-0.2, -0.15) is 23.3 Å². The number of halogens is 5. The molecule has 0 saturated carbocycles. The van der Waals surface area contributed by atoms with Gasteiger partial charge in [0.15, 0.2) is 11.2 Å². The maximum atomic E-state index is 13.9. The van der Waals surface area contributed by atoms with Gasteiger partial charge in [0.05, 0.1) is 23.9 Å². The molecule has 0 bridgehead atoms. The number of benzene rings is 1. The standard InChI is InChI=1S/C20H17ClF4N6O/c1-2-3-6-31-15-16(28-19(21)29-18(15)32)27-17(31)12-8-26-30(10-12)9-11-4-5-13(14(22)7-11)20(23,24)25/h4-5,7-8,10H,2-3,6,9H2,1H3,(H,28,29,32). The van der Waals surface area contributed by atoms with Crippen LogP contribution >= 0.6 is 11.6 Å². The van der Waals surface area contributed by atoms with Crippen LogP contribution < -0.4 is 5.56 Å². The Balaban J connectivity index is 1.69. The van der Waals surface area contributed by atoms with Gasteiger partial charge in [0.2, 0.25) is 5.28 Å². The lowest BCUT2D eigenvalue weighted by atomic mass is 10.1. The Morgan fingerprint density at radius 2 is 2.00 bits per heavy atom. The molecule has 0 aliphatic rings. The van der Waals surface area contributed by atoms with Crippen molar-refractivity contribution in [3.63, 3.8) is 0 Å². The third kappa shape index (κ3) is 4.24. The number of unbranched alkanes of at least 4 members (excludes halogenated alkanes) is 1. The van der Waals surface area contributed by atoms with Crippen molar-refractivity contribution in [3.8, 4) is 11.4 Å². The van der Waals surface area contributed by atoms with Gasteiger partial charge < -0.3 is 4.57 Å². The average Bonchev–Trinajstić information content (AvgIpc) is 3.29. The van der Waals surface area contributed by atoms with Crippen LogP contribution in [0.25, 0.3) is 22.6 Å². The summed E-state index contributed by atoms with van der Waals surface area (Å²) in [6, 6.07) is 2.75. The first-order valence-corrected chi connectivity index (χ1v) is 10.1. The minimum absolute atomic E-state index is 0.0505. The van der Waals surface area contributed by atoms with Gasteiger partial charge in [-0.1, -0.05) is 19.4 Å². The summed E-state index contributed by atoms with van der Waals surface area (Å²) in [5, 5.41) is 4.13. The number of rotatable bonds is 6. The Labute approximate surface area is 183 Å². The number of nitrogens with one attached hydrogen (secondary N) is 1. The lowest BCUT2D eigenvalue weighted by Gasteiger charge is -2.09. The van der Waals surface area contributed by atoms with Crippen LogP contribution in [-0.2, 0) is 19.3 Å². The molecule has 3 aromatic heterocycles. The highest BCUT2D eigenvalue weighted by atomic mass is 35.5. The van der Waals surface area contributed by atoms with E-state index in [4.69, 9.17) is 11.6 Å². The van der Waals surface area contributed by atoms with Crippen LogP contribution in [0.15, 0.2) is 35.4 Å². The first-order valence-electron chi connectivity index (χ1n) is 9.72. The Morgan fingerprint density at radius 1 is 1.22 bits per heavy atom. The van der Waals surface area contributed by atoms with E-state index >= 15 is 0 Å². The fourth-order valence-electron chi connectivity index (χ4n) is 3.41. The van der Waals surface area contributed by atoms with Crippen molar-refractivity contribution >= 4 is 22.8 Å². The lowest BCUT2D eigenvalue weighted by molar-refractivity contribution is -0.140. The van der Waals surface area contributed by atoms with Crippen LogP contribution in [0.4, 0.5) is 17.6 Å². The number of aromatic nitrogens is 6. The summed E-state index contributed by atoms with van der Waals surface area (Å²) in [4.78, 5) is 23.4. The van der Waals surface area contributed by atoms with Crippen molar-refractivity contribution in [1.82, 2.24) is 29.3 Å². The Bertz CT molecular complexity index is 1340. The summed E-state index contributed by atoms with van der Waals surface area (Å²) in [7, 11) is 0. The lowest BCUT2D eigenvalue weighted by Crippen LogP contribution is -2.13. The number of fused-ring (bicyclic) bond motifs is 1. The quantitative estimate of drug-likeness (QED) is 0.330. The van der Waals surface area contributed by atoms with Crippen LogP contribution in [0.1, 0.15) is 30.9 Å². The molecule has 32 heavy (non-hydrogen) atoms. The zero-order chi connectivity index (χ0) is 23.0. The second-order valence-corrected chi connectivity index (χ2v) is 7.57. The van der Waals surface area contributed by atoms with Gasteiger partial charge in [-0.3, -0.25) is 14.5 Å². The second kappa shape index (κ2) is 8.38. The van der Waals surface area contributed by atoms with Crippen molar-refractivity contribution < 1.29 is 17.6 Å². The number of imidazole rings is 1. The number of hydrogen-bond donors (Lipinski definition) is 1. The van der Waals surface area contributed by atoms with Crippen molar-refractivity contribution in [1.29, 1.82) is 0 Å². The molecule has 0 saturated heterocycles. The molecular weight excluding hydrogens is 452 g/mol. The van der Waals surface area contributed by atoms with Crippen molar-refractivity contribution in [3.05, 3.63) is 63.2 Å². The highest BCUT2D eigenvalue weighted by Crippen LogP contribution is 2.31. The van der Waals surface area contributed by atoms with E-state index in [2.05, 4.69) is 20.1 Å². The van der Waals surface area contributed by atoms with Gasteiger partial charge in [-0.05, 0) is 35.7 Å². The monoisotopic (exact) mass is 468 g/mol. The van der Waals surface area contributed by atoms with Crippen LogP contribution in [0.5, 0.6) is 0 Å². The Kier molecular flexibility index (Phi) is 5.76. The van der Waals surface area contributed by atoms with E-state index in [0.29, 0.717) is 29.6 Å². The topological polar surface area (TPSA) is 81.4 Å². The zero-order valence-electron chi connectivity index (χ0n) is 16.7. The maximum absolute atomic E-state index is 13.9. The molecular formula is C20H17ClF4N6O. The number of aryl methyl sites for hydroxylation is 1.